The van der Waals surface area contributed by atoms with Crippen LogP contribution in [0.25, 0.3) is 16.6 Å². The van der Waals surface area contributed by atoms with Crippen molar-refractivity contribution in [2.24, 2.45) is 7.05 Å². The van der Waals surface area contributed by atoms with Gasteiger partial charge in [0.2, 0.25) is 5.91 Å². The summed E-state index contributed by atoms with van der Waals surface area (Å²) in [6.07, 6.45) is 10.2. The Morgan fingerprint density at radius 2 is 1.93 bits per heavy atom. The van der Waals surface area contributed by atoms with Crippen LogP contribution in [-0.4, -0.2) is 60.4 Å². The van der Waals surface area contributed by atoms with Crippen molar-refractivity contribution >= 4 is 17.2 Å². The predicted octanol–water partition coefficient (Wildman–Crippen LogP) is 1.72. The molecule has 2 bridgehead atoms. The third-order valence-corrected chi connectivity index (χ3v) is 5.80. The van der Waals surface area contributed by atoms with E-state index in [1.165, 1.54) is 0 Å². The molecule has 0 aliphatic carbocycles. The first-order valence-corrected chi connectivity index (χ1v) is 9.52. The van der Waals surface area contributed by atoms with Crippen molar-refractivity contribution in [1.29, 1.82) is 0 Å². The van der Waals surface area contributed by atoms with Crippen LogP contribution in [0.4, 0.5) is 5.82 Å². The van der Waals surface area contributed by atoms with Gasteiger partial charge in [-0.05, 0) is 18.9 Å². The summed E-state index contributed by atoms with van der Waals surface area (Å²) in [6, 6.07) is 2.70. The Bertz CT molecular complexity index is 993. The summed E-state index contributed by atoms with van der Waals surface area (Å²) in [7, 11) is 1.91. The zero-order valence-corrected chi connectivity index (χ0v) is 15.6. The number of fused-ring (bicyclic) bond motifs is 3. The lowest BCUT2D eigenvalue weighted by molar-refractivity contribution is -0.134. The second kappa shape index (κ2) is 6.07. The van der Waals surface area contributed by atoms with Crippen molar-refractivity contribution in [3.05, 3.63) is 31.0 Å². The van der Waals surface area contributed by atoms with E-state index in [1.807, 2.05) is 37.1 Å². The molecule has 1 amide bonds. The number of rotatable bonds is 3. The molecule has 2 saturated heterocycles. The smallest absolute Gasteiger partial charge is 0.222 e. The second-order valence-corrected chi connectivity index (χ2v) is 7.49. The van der Waals surface area contributed by atoms with Gasteiger partial charge in [-0.3, -0.25) is 9.48 Å². The number of anilines is 1. The molecule has 3 aromatic heterocycles. The van der Waals surface area contributed by atoms with Gasteiger partial charge in [-0.25, -0.2) is 9.50 Å². The largest absolute Gasteiger partial charge is 0.351 e. The fourth-order valence-electron chi connectivity index (χ4n) is 4.55. The number of carbonyl (C=O) groups excluding carboxylic acids is 1. The first-order valence-electron chi connectivity index (χ1n) is 9.52. The second-order valence-electron chi connectivity index (χ2n) is 7.49. The van der Waals surface area contributed by atoms with E-state index in [-0.39, 0.29) is 5.91 Å². The van der Waals surface area contributed by atoms with E-state index in [2.05, 4.69) is 31.0 Å². The van der Waals surface area contributed by atoms with Crippen molar-refractivity contribution in [2.45, 2.75) is 38.3 Å². The minimum Gasteiger partial charge on any atom is -0.351 e. The van der Waals surface area contributed by atoms with E-state index in [1.54, 1.807) is 11.0 Å². The van der Waals surface area contributed by atoms with Crippen molar-refractivity contribution < 1.29 is 4.79 Å². The minimum atomic E-state index is 0.275. The zero-order chi connectivity index (χ0) is 18.5. The van der Waals surface area contributed by atoms with Crippen LogP contribution in [0.1, 0.15) is 26.2 Å². The summed E-state index contributed by atoms with van der Waals surface area (Å²) in [4.78, 5) is 21.4. The standard InChI is InChI=1S/C19H23N7O/c1-3-18(27)26-15-4-5-16(26)11-24(10-15)19-17-6-13(9-25(17)22-12-20-19)14-7-21-23(2)8-14/h6-9,12,15-16H,3-5,10-11H2,1-2H3. The van der Waals surface area contributed by atoms with E-state index in [0.717, 1.165) is 48.4 Å². The van der Waals surface area contributed by atoms with Gasteiger partial charge in [-0.15, -0.1) is 0 Å². The van der Waals surface area contributed by atoms with E-state index in [9.17, 15) is 4.79 Å². The summed E-state index contributed by atoms with van der Waals surface area (Å²) >= 11 is 0. The molecule has 0 aromatic carbocycles. The normalized spacial score (nSPS) is 22.0. The van der Waals surface area contributed by atoms with Crippen LogP contribution in [-0.2, 0) is 11.8 Å². The molecular weight excluding hydrogens is 342 g/mol. The third-order valence-electron chi connectivity index (χ3n) is 5.80. The average molecular weight is 365 g/mol. The van der Waals surface area contributed by atoms with Gasteiger partial charge in [0, 0.05) is 62.2 Å². The van der Waals surface area contributed by atoms with Gasteiger partial charge in [0.05, 0.1) is 6.20 Å². The molecule has 5 rings (SSSR count). The Morgan fingerprint density at radius 1 is 1.15 bits per heavy atom. The molecule has 2 atom stereocenters. The van der Waals surface area contributed by atoms with Crippen LogP contribution in [0.5, 0.6) is 0 Å². The van der Waals surface area contributed by atoms with Crippen LogP contribution in [0.2, 0.25) is 0 Å². The molecule has 140 valence electrons. The zero-order valence-electron chi connectivity index (χ0n) is 15.6. The molecule has 0 radical (unpaired) electrons. The molecule has 2 aliphatic rings. The lowest BCUT2D eigenvalue weighted by atomic mass is 10.1. The van der Waals surface area contributed by atoms with Gasteiger partial charge in [0.25, 0.3) is 0 Å². The lowest BCUT2D eigenvalue weighted by Crippen LogP contribution is -2.56. The van der Waals surface area contributed by atoms with Crippen LogP contribution in [0.3, 0.4) is 0 Å². The van der Waals surface area contributed by atoms with Crippen molar-refractivity contribution in [3.63, 3.8) is 0 Å². The molecule has 2 aliphatic heterocycles. The van der Waals surface area contributed by atoms with Gasteiger partial charge < -0.3 is 9.80 Å². The van der Waals surface area contributed by atoms with Crippen LogP contribution < -0.4 is 4.90 Å². The average Bonchev–Trinajstić information content (AvgIpc) is 3.36. The summed E-state index contributed by atoms with van der Waals surface area (Å²) in [6.45, 7) is 3.62. The molecule has 8 heteroatoms. The Kier molecular flexibility index (Phi) is 3.66. The molecule has 2 fully saturated rings. The molecule has 0 N–H and O–H groups in total. The first kappa shape index (κ1) is 16.3. The fraction of sp³-hybridized carbons (Fsp3) is 0.474. The highest BCUT2D eigenvalue weighted by Gasteiger charge is 2.42. The highest BCUT2D eigenvalue weighted by molar-refractivity contribution is 5.79. The molecule has 0 saturated carbocycles. The molecule has 5 heterocycles. The predicted molar refractivity (Wildman–Crippen MR) is 101 cm³/mol. The molecule has 8 nitrogen and oxygen atoms in total. The molecule has 27 heavy (non-hydrogen) atoms. The quantitative estimate of drug-likeness (QED) is 0.707. The number of carbonyl (C=O) groups is 1. The topological polar surface area (TPSA) is 71.6 Å². The van der Waals surface area contributed by atoms with E-state index < -0.39 is 0 Å². The van der Waals surface area contributed by atoms with Crippen LogP contribution in [0.15, 0.2) is 31.0 Å². The van der Waals surface area contributed by atoms with Gasteiger partial charge >= 0.3 is 0 Å². The monoisotopic (exact) mass is 365 g/mol. The minimum absolute atomic E-state index is 0.275. The van der Waals surface area contributed by atoms with Crippen molar-refractivity contribution in [2.75, 3.05) is 18.0 Å². The maximum atomic E-state index is 12.3. The Balaban J connectivity index is 1.49. The van der Waals surface area contributed by atoms with Crippen LogP contribution in [0, 0.1) is 0 Å². The third kappa shape index (κ3) is 2.58. The van der Waals surface area contributed by atoms with Crippen LogP contribution >= 0.6 is 0 Å². The van der Waals surface area contributed by atoms with E-state index in [0.29, 0.717) is 18.5 Å². The number of aryl methyl sites for hydroxylation is 1. The SMILES string of the molecule is CCC(=O)N1C2CCC1CN(c1ncnn3cc(-c4cnn(C)c4)cc13)C2. The number of amides is 1. The Labute approximate surface area is 157 Å². The lowest BCUT2D eigenvalue weighted by Gasteiger charge is -2.41. The maximum Gasteiger partial charge on any atom is 0.222 e. The van der Waals surface area contributed by atoms with Crippen molar-refractivity contribution in [3.8, 4) is 11.1 Å². The van der Waals surface area contributed by atoms with Gasteiger partial charge in [-0.1, -0.05) is 6.92 Å². The molecule has 0 spiro atoms. The Morgan fingerprint density at radius 3 is 2.59 bits per heavy atom. The van der Waals surface area contributed by atoms with Crippen molar-refractivity contribution in [1.82, 2.24) is 29.3 Å². The van der Waals surface area contributed by atoms with E-state index in [4.69, 9.17) is 0 Å². The molecular formula is C19H23N7O. The van der Waals surface area contributed by atoms with Gasteiger partial charge in [0.1, 0.15) is 11.8 Å². The molecule has 3 aromatic rings. The summed E-state index contributed by atoms with van der Waals surface area (Å²) < 4.78 is 3.68. The summed E-state index contributed by atoms with van der Waals surface area (Å²) in [5.74, 6) is 1.22. The number of nitrogens with zero attached hydrogens (tertiary/aromatic N) is 7. The van der Waals surface area contributed by atoms with E-state index >= 15 is 0 Å². The highest BCUT2D eigenvalue weighted by Crippen LogP contribution is 2.34. The Hall–Kier alpha value is -2.90. The number of hydrogen-bond donors (Lipinski definition) is 0. The summed E-state index contributed by atoms with van der Waals surface area (Å²) in [5, 5.41) is 8.65. The maximum absolute atomic E-state index is 12.3. The first-order chi connectivity index (χ1) is 13.1. The number of aromatic nitrogens is 5. The number of piperazine rings is 1. The number of hydrogen-bond acceptors (Lipinski definition) is 5. The van der Waals surface area contributed by atoms with Gasteiger partial charge in [-0.2, -0.15) is 10.2 Å². The van der Waals surface area contributed by atoms with Gasteiger partial charge in [0.15, 0.2) is 5.82 Å². The molecule has 2 unspecified atom stereocenters. The fourth-order valence-corrected chi connectivity index (χ4v) is 4.55. The highest BCUT2D eigenvalue weighted by atomic mass is 16.2. The summed E-state index contributed by atoms with van der Waals surface area (Å²) in [5.41, 5.74) is 3.13.